The van der Waals surface area contributed by atoms with Crippen molar-refractivity contribution in [3.63, 3.8) is 0 Å². The Hall–Kier alpha value is -3.95. The molecule has 0 radical (unpaired) electrons. The molecule has 0 unspecified atom stereocenters. The van der Waals surface area contributed by atoms with Gasteiger partial charge in [-0.05, 0) is 56.7 Å². The molecule has 41 heavy (non-hydrogen) atoms. The van der Waals surface area contributed by atoms with E-state index in [1.807, 2.05) is 72.8 Å². The van der Waals surface area contributed by atoms with Gasteiger partial charge in [0.2, 0.25) is 0 Å². The lowest BCUT2D eigenvalue weighted by Crippen LogP contribution is -2.40. The summed E-state index contributed by atoms with van der Waals surface area (Å²) in [7, 11) is 1.56. The molecular weight excluding hydrogens is 604 g/mol. The number of fused-ring (bicyclic) bond motifs is 1. The molecule has 7 nitrogen and oxygen atoms in total. The fraction of sp³-hybridized carbons (Fsp3) is 0.219. The van der Waals surface area contributed by atoms with Crippen molar-refractivity contribution < 1.29 is 19.0 Å². The number of aromatic nitrogens is 1. The lowest BCUT2D eigenvalue weighted by atomic mass is 9.95. The molecule has 1 aromatic heterocycles. The molecule has 0 bridgehead atoms. The van der Waals surface area contributed by atoms with Gasteiger partial charge >= 0.3 is 5.97 Å². The second kappa shape index (κ2) is 12.3. The first-order valence-corrected chi connectivity index (χ1v) is 14.7. The van der Waals surface area contributed by atoms with E-state index in [-0.39, 0.29) is 11.7 Å². The molecule has 2 heterocycles. The average Bonchev–Trinajstić information content (AvgIpc) is 3.25. The largest absolute Gasteiger partial charge is 0.496 e. The highest BCUT2D eigenvalue weighted by Gasteiger charge is 2.35. The molecular formula is C32H29BrN2O5S. The number of carbonyl (C=O) groups is 1. The first-order chi connectivity index (χ1) is 19.8. The van der Waals surface area contributed by atoms with E-state index in [0.29, 0.717) is 44.3 Å². The van der Waals surface area contributed by atoms with Crippen LogP contribution in [0.4, 0.5) is 0 Å². The van der Waals surface area contributed by atoms with Crippen LogP contribution in [0.1, 0.15) is 43.5 Å². The van der Waals surface area contributed by atoms with Gasteiger partial charge in [0, 0.05) is 15.6 Å². The standard InChI is InChI=1S/C32H29BrN2O5S/c1-19(2)40-31(37)28-20(3)34-32-35(29(28)24-17-23(33)14-15-26(24)38-4)30(36)27(41-32)16-22-12-8-9-13-25(22)39-18-21-10-6-5-7-11-21/h5-17,19,29H,18H2,1-4H3/b27-16-/t29-/m1/s1. The van der Waals surface area contributed by atoms with E-state index >= 15 is 0 Å². The number of nitrogens with zero attached hydrogens (tertiary/aromatic N) is 2. The smallest absolute Gasteiger partial charge is 0.338 e. The van der Waals surface area contributed by atoms with Crippen LogP contribution in [0.15, 0.2) is 98.3 Å². The van der Waals surface area contributed by atoms with Gasteiger partial charge in [0.25, 0.3) is 5.56 Å². The molecule has 1 atom stereocenters. The summed E-state index contributed by atoms with van der Waals surface area (Å²) in [6.45, 7) is 5.73. The number of methoxy groups -OCH3 is 1. The van der Waals surface area contributed by atoms with Gasteiger partial charge in [0.1, 0.15) is 24.1 Å². The third kappa shape index (κ3) is 6.06. The van der Waals surface area contributed by atoms with Crippen LogP contribution in [0.25, 0.3) is 6.08 Å². The van der Waals surface area contributed by atoms with E-state index in [9.17, 15) is 9.59 Å². The van der Waals surface area contributed by atoms with Crippen molar-refractivity contribution in [1.82, 2.24) is 4.57 Å². The summed E-state index contributed by atoms with van der Waals surface area (Å²) in [4.78, 5) is 32.7. The highest BCUT2D eigenvalue weighted by Crippen LogP contribution is 2.37. The number of hydrogen-bond donors (Lipinski definition) is 0. The minimum Gasteiger partial charge on any atom is -0.496 e. The fourth-order valence-electron chi connectivity index (χ4n) is 4.68. The third-order valence-electron chi connectivity index (χ3n) is 6.51. The maximum Gasteiger partial charge on any atom is 0.338 e. The number of thiazole rings is 1. The maximum absolute atomic E-state index is 14.1. The Morgan fingerprint density at radius 2 is 1.80 bits per heavy atom. The zero-order chi connectivity index (χ0) is 29.1. The van der Waals surface area contributed by atoms with Crippen LogP contribution in [-0.2, 0) is 16.1 Å². The van der Waals surface area contributed by atoms with E-state index in [4.69, 9.17) is 14.2 Å². The average molecular weight is 634 g/mol. The van der Waals surface area contributed by atoms with Crippen LogP contribution in [0.3, 0.4) is 0 Å². The molecule has 0 aliphatic carbocycles. The molecule has 0 saturated heterocycles. The summed E-state index contributed by atoms with van der Waals surface area (Å²) in [5.41, 5.74) is 2.95. The van der Waals surface area contributed by atoms with Gasteiger partial charge < -0.3 is 14.2 Å². The summed E-state index contributed by atoms with van der Waals surface area (Å²) in [5, 5.41) is 0. The number of allylic oxidation sites excluding steroid dienone is 1. The Morgan fingerprint density at radius 1 is 1.07 bits per heavy atom. The second-order valence-corrected chi connectivity index (χ2v) is 11.7. The van der Waals surface area contributed by atoms with E-state index in [1.54, 1.807) is 38.5 Å². The third-order valence-corrected chi connectivity index (χ3v) is 7.99. The Morgan fingerprint density at radius 3 is 2.54 bits per heavy atom. The molecule has 0 spiro atoms. The van der Waals surface area contributed by atoms with Crippen molar-refractivity contribution in [2.45, 2.75) is 39.5 Å². The molecule has 0 amide bonds. The lowest BCUT2D eigenvalue weighted by molar-refractivity contribution is -0.143. The summed E-state index contributed by atoms with van der Waals surface area (Å²) in [6.07, 6.45) is 1.47. The predicted octanol–water partition coefficient (Wildman–Crippen LogP) is 5.54. The highest BCUT2D eigenvalue weighted by atomic mass is 79.9. The van der Waals surface area contributed by atoms with Crippen molar-refractivity contribution >= 4 is 39.3 Å². The van der Waals surface area contributed by atoms with Gasteiger partial charge in [-0.1, -0.05) is 75.8 Å². The van der Waals surface area contributed by atoms with Gasteiger partial charge in [-0.25, -0.2) is 9.79 Å². The zero-order valence-electron chi connectivity index (χ0n) is 23.1. The minimum atomic E-state index is -0.795. The van der Waals surface area contributed by atoms with Crippen molar-refractivity contribution in [1.29, 1.82) is 0 Å². The van der Waals surface area contributed by atoms with Gasteiger partial charge in [0.15, 0.2) is 4.80 Å². The first kappa shape index (κ1) is 28.6. The second-order valence-electron chi connectivity index (χ2n) is 9.73. The predicted molar refractivity (Wildman–Crippen MR) is 163 cm³/mol. The summed E-state index contributed by atoms with van der Waals surface area (Å²) < 4.78 is 20.2. The van der Waals surface area contributed by atoms with Crippen molar-refractivity contribution in [2.24, 2.45) is 4.99 Å². The molecule has 4 aromatic rings. The number of rotatable bonds is 8. The Bertz CT molecular complexity index is 1810. The van der Waals surface area contributed by atoms with E-state index in [1.165, 1.54) is 11.3 Å². The van der Waals surface area contributed by atoms with E-state index in [0.717, 1.165) is 15.6 Å². The minimum absolute atomic E-state index is 0.277. The fourth-order valence-corrected chi connectivity index (χ4v) is 6.10. The van der Waals surface area contributed by atoms with Crippen LogP contribution >= 0.6 is 27.3 Å². The Labute approximate surface area is 250 Å². The highest BCUT2D eigenvalue weighted by molar-refractivity contribution is 9.10. The van der Waals surface area contributed by atoms with Gasteiger partial charge in [-0.15, -0.1) is 0 Å². The Balaban J connectivity index is 1.65. The molecule has 0 N–H and O–H groups in total. The lowest BCUT2D eigenvalue weighted by Gasteiger charge is -2.26. The summed E-state index contributed by atoms with van der Waals surface area (Å²) in [6, 6.07) is 22.2. The number of para-hydroxylation sites is 1. The molecule has 210 valence electrons. The summed E-state index contributed by atoms with van der Waals surface area (Å²) >= 11 is 4.80. The van der Waals surface area contributed by atoms with Gasteiger partial charge in [-0.3, -0.25) is 9.36 Å². The molecule has 3 aromatic carbocycles. The number of ether oxygens (including phenoxy) is 3. The molecule has 9 heteroatoms. The quantitative estimate of drug-likeness (QED) is 0.238. The van der Waals surface area contributed by atoms with Crippen molar-refractivity contribution in [3.05, 3.63) is 125 Å². The monoisotopic (exact) mass is 632 g/mol. The number of carbonyl (C=O) groups excluding carboxylic acids is 1. The maximum atomic E-state index is 14.1. The van der Waals surface area contributed by atoms with Gasteiger partial charge in [0.05, 0.1) is 29.0 Å². The number of hydrogen-bond acceptors (Lipinski definition) is 7. The number of esters is 1. The van der Waals surface area contributed by atoms with Crippen LogP contribution in [0, 0.1) is 0 Å². The molecule has 1 aliphatic rings. The van der Waals surface area contributed by atoms with Crippen LogP contribution in [0.2, 0.25) is 0 Å². The van der Waals surface area contributed by atoms with E-state index < -0.39 is 12.0 Å². The van der Waals surface area contributed by atoms with Crippen molar-refractivity contribution in [3.8, 4) is 11.5 Å². The Kier molecular flexibility index (Phi) is 8.56. The van der Waals surface area contributed by atoms with Gasteiger partial charge in [-0.2, -0.15) is 0 Å². The normalized spacial score (nSPS) is 15.0. The van der Waals surface area contributed by atoms with Crippen molar-refractivity contribution in [2.75, 3.05) is 7.11 Å². The first-order valence-electron chi connectivity index (χ1n) is 13.1. The number of halogens is 1. The van der Waals surface area contributed by atoms with Crippen LogP contribution < -0.4 is 24.4 Å². The summed E-state index contributed by atoms with van der Waals surface area (Å²) in [5.74, 6) is 0.670. The van der Waals surface area contributed by atoms with Crippen LogP contribution in [0.5, 0.6) is 11.5 Å². The SMILES string of the molecule is COc1ccc(Br)cc1[C@@H]1C(C(=O)OC(C)C)=C(C)N=c2s/c(=C\c3ccccc3OCc3ccccc3)c(=O)n21. The van der Waals surface area contributed by atoms with Crippen LogP contribution in [-0.4, -0.2) is 23.8 Å². The molecule has 0 saturated carbocycles. The van der Waals surface area contributed by atoms with E-state index in [2.05, 4.69) is 20.9 Å². The zero-order valence-corrected chi connectivity index (χ0v) is 25.5. The topological polar surface area (TPSA) is 79.1 Å². The molecule has 1 aliphatic heterocycles. The number of benzene rings is 3. The molecule has 5 rings (SSSR count). The molecule has 0 fully saturated rings.